The molecule has 0 atom stereocenters. The summed E-state index contributed by atoms with van der Waals surface area (Å²) in [6, 6.07) is 8.87. The van der Waals surface area contributed by atoms with Gasteiger partial charge in [-0.15, -0.1) is 0 Å². The van der Waals surface area contributed by atoms with Gasteiger partial charge in [0.05, 0.1) is 0 Å². The number of alkyl halides is 4. The van der Waals surface area contributed by atoms with Gasteiger partial charge in [-0.25, -0.2) is 4.39 Å². The van der Waals surface area contributed by atoms with E-state index in [0.717, 1.165) is 11.1 Å². The Bertz CT molecular complexity index is 662. The zero-order chi connectivity index (χ0) is 17.4. The van der Waals surface area contributed by atoms with E-state index in [1.54, 1.807) is 26.0 Å². The summed E-state index contributed by atoms with van der Waals surface area (Å²) < 4.78 is 55.8. The number of aryl methyl sites for hydroxylation is 4. The smallest absolute Gasteiger partial charge is 0.249 e. The fourth-order valence-corrected chi connectivity index (χ4v) is 2.74. The highest BCUT2D eigenvalue weighted by Gasteiger charge is 2.57. The Morgan fingerprint density at radius 2 is 1.09 bits per heavy atom. The first kappa shape index (κ1) is 17.5. The second-order valence-electron chi connectivity index (χ2n) is 6.13. The number of halogens is 4. The molecule has 0 aliphatic rings. The van der Waals surface area contributed by atoms with E-state index < -0.39 is 18.3 Å². The lowest BCUT2D eigenvalue weighted by Gasteiger charge is -2.35. The van der Waals surface area contributed by atoms with Crippen molar-refractivity contribution in [1.29, 1.82) is 0 Å². The Kier molecular flexibility index (Phi) is 4.56. The highest BCUT2D eigenvalue weighted by Crippen LogP contribution is 2.47. The lowest BCUT2D eigenvalue weighted by Crippen LogP contribution is -2.45. The van der Waals surface area contributed by atoms with Crippen LogP contribution in [0, 0.1) is 27.7 Å². The first-order valence-corrected chi connectivity index (χ1v) is 7.41. The van der Waals surface area contributed by atoms with Crippen LogP contribution in [0.4, 0.5) is 17.6 Å². The minimum atomic E-state index is -4.73. The Morgan fingerprint density at radius 1 is 0.696 bits per heavy atom. The van der Waals surface area contributed by atoms with Gasteiger partial charge >= 0.3 is 6.18 Å². The van der Waals surface area contributed by atoms with Crippen molar-refractivity contribution in [2.45, 2.75) is 39.3 Å². The monoisotopic (exact) mass is 324 g/mol. The molecule has 2 aromatic carbocycles. The van der Waals surface area contributed by atoms with Crippen molar-refractivity contribution in [3.8, 4) is 0 Å². The first-order chi connectivity index (χ1) is 10.6. The molecule has 0 aliphatic carbocycles. The SMILES string of the molecule is Cc1ccc(C(CF)(c2ccc(C)c(C)c2)C(F)(F)F)cc1C. The van der Waals surface area contributed by atoms with E-state index in [1.807, 2.05) is 13.8 Å². The number of hydrogen-bond donors (Lipinski definition) is 0. The van der Waals surface area contributed by atoms with Gasteiger partial charge in [-0.05, 0) is 61.1 Å². The van der Waals surface area contributed by atoms with Crippen molar-refractivity contribution < 1.29 is 17.6 Å². The number of benzene rings is 2. The van der Waals surface area contributed by atoms with E-state index in [4.69, 9.17) is 0 Å². The van der Waals surface area contributed by atoms with Crippen LogP contribution in [-0.2, 0) is 5.41 Å². The third kappa shape index (κ3) is 2.87. The van der Waals surface area contributed by atoms with Gasteiger partial charge < -0.3 is 0 Å². The molecule has 0 amide bonds. The summed E-state index contributed by atoms with van der Waals surface area (Å²) in [6.07, 6.45) is -4.73. The third-order valence-corrected chi connectivity index (χ3v) is 4.68. The molecule has 0 radical (unpaired) electrons. The van der Waals surface area contributed by atoms with E-state index in [-0.39, 0.29) is 11.1 Å². The van der Waals surface area contributed by atoms with E-state index in [9.17, 15) is 17.6 Å². The Hall–Kier alpha value is -1.84. The molecule has 0 aliphatic heterocycles. The van der Waals surface area contributed by atoms with Crippen molar-refractivity contribution in [3.05, 3.63) is 69.8 Å². The molecule has 0 nitrogen and oxygen atoms in total. The molecule has 4 heteroatoms. The summed E-state index contributed by atoms with van der Waals surface area (Å²) in [7, 11) is 0. The molecule has 0 aromatic heterocycles. The lowest BCUT2D eigenvalue weighted by molar-refractivity contribution is -0.182. The van der Waals surface area contributed by atoms with Crippen LogP contribution < -0.4 is 0 Å². The molecule has 0 unspecified atom stereocenters. The Labute approximate surface area is 134 Å². The lowest BCUT2D eigenvalue weighted by atomic mass is 9.73. The molecule has 0 saturated heterocycles. The van der Waals surface area contributed by atoms with Crippen LogP contribution >= 0.6 is 0 Å². The van der Waals surface area contributed by atoms with Crippen LogP contribution in [-0.4, -0.2) is 12.9 Å². The van der Waals surface area contributed by atoms with Crippen LogP contribution in [0.1, 0.15) is 33.4 Å². The van der Waals surface area contributed by atoms with Crippen molar-refractivity contribution in [3.63, 3.8) is 0 Å². The van der Waals surface area contributed by atoms with Gasteiger partial charge in [-0.2, -0.15) is 13.2 Å². The first-order valence-electron chi connectivity index (χ1n) is 7.41. The summed E-state index contributed by atoms with van der Waals surface area (Å²) in [5, 5.41) is 0. The number of hydrogen-bond acceptors (Lipinski definition) is 0. The fourth-order valence-electron chi connectivity index (χ4n) is 2.74. The van der Waals surface area contributed by atoms with Gasteiger partial charge in [0.1, 0.15) is 12.1 Å². The molecule has 0 spiro atoms. The zero-order valence-corrected chi connectivity index (χ0v) is 13.7. The second-order valence-corrected chi connectivity index (χ2v) is 6.13. The molecule has 124 valence electrons. The van der Waals surface area contributed by atoms with Crippen LogP contribution in [0.25, 0.3) is 0 Å². The summed E-state index contributed by atoms with van der Waals surface area (Å²) >= 11 is 0. The maximum Gasteiger partial charge on any atom is 0.404 e. The predicted octanol–water partition coefficient (Wildman–Crippen LogP) is 5.74. The van der Waals surface area contributed by atoms with Gasteiger partial charge in [-0.3, -0.25) is 0 Å². The molecule has 0 N–H and O–H groups in total. The average Bonchev–Trinajstić information content (AvgIpc) is 2.46. The number of rotatable bonds is 3. The van der Waals surface area contributed by atoms with E-state index in [2.05, 4.69) is 0 Å². The van der Waals surface area contributed by atoms with Gasteiger partial charge in [-0.1, -0.05) is 36.4 Å². The Balaban J connectivity index is 2.79. The van der Waals surface area contributed by atoms with Crippen LogP contribution in [0.3, 0.4) is 0 Å². The average molecular weight is 324 g/mol. The molecule has 0 saturated carbocycles. The van der Waals surface area contributed by atoms with Crippen molar-refractivity contribution in [2.24, 2.45) is 0 Å². The normalized spacial score (nSPS) is 12.5. The van der Waals surface area contributed by atoms with E-state index in [1.165, 1.54) is 24.3 Å². The Morgan fingerprint density at radius 3 is 1.35 bits per heavy atom. The van der Waals surface area contributed by atoms with Gasteiger partial charge in [0.25, 0.3) is 0 Å². The standard InChI is InChI=1S/C19H20F4/c1-12-5-7-16(9-14(12)3)18(11-20,19(21,22)23)17-8-6-13(2)15(4)10-17/h5-10H,11H2,1-4H3. The fraction of sp³-hybridized carbons (Fsp3) is 0.368. The largest absolute Gasteiger partial charge is 0.404 e. The van der Waals surface area contributed by atoms with Crippen molar-refractivity contribution >= 4 is 0 Å². The highest BCUT2D eigenvalue weighted by atomic mass is 19.4. The molecule has 0 heterocycles. The maximum atomic E-state index is 14.0. The molecule has 2 aromatic rings. The topological polar surface area (TPSA) is 0 Å². The summed E-state index contributed by atoms with van der Waals surface area (Å²) in [4.78, 5) is 0. The van der Waals surface area contributed by atoms with Gasteiger partial charge in [0, 0.05) is 0 Å². The molecule has 23 heavy (non-hydrogen) atoms. The van der Waals surface area contributed by atoms with Crippen LogP contribution in [0.15, 0.2) is 36.4 Å². The van der Waals surface area contributed by atoms with E-state index >= 15 is 0 Å². The molecular formula is C19H20F4. The summed E-state index contributed by atoms with van der Waals surface area (Å²) in [5.74, 6) is 0. The molecule has 0 fully saturated rings. The minimum Gasteiger partial charge on any atom is -0.249 e. The third-order valence-electron chi connectivity index (χ3n) is 4.68. The van der Waals surface area contributed by atoms with Crippen LogP contribution in [0.5, 0.6) is 0 Å². The van der Waals surface area contributed by atoms with Crippen molar-refractivity contribution in [1.82, 2.24) is 0 Å². The molecule has 0 bridgehead atoms. The molecule has 2 rings (SSSR count). The quantitative estimate of drug-likeness (QED) is 0.632. The van der Waals surface area contributed by atoms with Gasteiger partial charge in [0.15, 0.2) is 0 Å². The highest BCUT2D eigenvalue weighted by molar-refractivity contribution is 5.47. The van der Waals surface area contributed by atoms with Gasteiger partial charge in [0.2, 0.25) is 0 Å². The molecular weight excluding hydrogens is 304 g/mol. The maximum absolute atomic E-state index is 14.0. The minimum absolute atomic E-state index is 0.0566. The van der Waals surface area contributed by atoms with Crippen molar-refractivity contribution in [2.75, 3.05) is 6.67 Å². The summed E-state index contributed by atoms with van der Waals surface area (Å²) in [5.41, 5.74) is 0.441. The zero-order valence-electron chi connectivity index (χ0n) is 13.7. The van der Waals surface area contributed by atoms with E-state index in [0.29, 0.717) is 11.1 Å². The van der Waals surface area contributed by atoms with Crippen LogP contribution in [0.2, 0.25) is 0 Å². The predicted molar refractivity (Wildman–Crippen MR) is 84.6 cm³/mol. The summed E-state index contributed by atoms with van der Waals surface area (Å²) in [6.45, 7) is 5.58. The second kappa shape index (κ2) is 5.99.